The van der Waals surface area contributed by atoms with E-state index in [0.29, 0.717) is 0 Å². The fraction of sp³-hybridized carbons (Fsp3) is 0.133. The van der Waals surface area contributed by atoms with E-state index in [4.69, 9.17) is 9.56 Å². The first-order chi connectivity index (χ1) is 11.8. The van der Waals surface area contributed by atoms with Crippen LogP contribution in [0.25, 0.3) is 0 Å². The molecule has 0 aliphatic rings. The van der Waals surface area contributed by atoms with Crippen LogP contribution in [-0.4, -0.2) is 32.8 Å². The molecule has 0 aliphatic carbocycles. The van der Waals surface area contributed by atoms with Gasteiger partial charge < -0.3 is 9.15 Å². The number of carbonyl (C=O) groups excluding carboxylic acids is 3. The van der Waals surface area contributed by atoms with E-state index in [1.807, 2.05) is 0 Å². The summed E-state index contributed by atoms with van der Waals surface area (Å²) in [7, 11) is -4.09. The topological polar surface area (TPSA) is 146 Å². The fourth-order valence-corrected chi connectivity index (χ4v) is 2.27. The van der Waals surface area contributed by atoms with Crippen molar-refractivity contribution >= 4 is 27.8 Å². The van der Waals surface area contributed by atoms with Gasteiger partial charge in [-0.25, -0.2) is 18.4 Å². The van der Waals surface area contributed by atoms with Gasteiger partial charge in [-0.05, 0) is 17.7 Å². The predicted octanol–water partition coefficient (Wildman–Crippen LogP) is -0.0307. The highest BCUT2D eigenvalue weighted by molar-refractivity contribution is 7.89. The highest BCUT2D eigenvalue weighted by Gasteiger charge is 2.19. The molecule has 2 rings (SSSR count). The second kappa shape index (κ2) is 7.73. The molecule has 0 radical (unpaired) electrons. The van der Waals surface area contributed by atoms with Crippen LogP contribution in [0.15, 0.2) is 52.0 Å². The minimum atomic E-state index is -4.09. The maximum absolute atomic E-state index is 11.7. The lowest BCUT2D eigenvalue weighted by atomic mass is 10.1. The summed E-state index contributed by atoms with van der Waals surface area (Å²) in [5.41, 5.74) is 0.718. The third-order valence-electron chi connectivity index (χ3n) is 2.88. The molecule has 132 valence electrons. The van der Waals surface area contributed by atoms with Crippen molar-refractivity contribution in [2.24, 2.45) is 5.14 Å². The summed E-state index contributed by atoms with van der Waals surface area (Å²) in [6.07, 6.45) is -0.00354. The monoisotopic (exact) mass is 366 g/mol. The Morgan fingerprint density at radius 3 is 2.32 bits per heavy atom. The van der Waals surface area contributed by atoms with Crippen molar-refractivity contribution in [3.05, 3.63) is 53.8 Å². The highest BCUT2D eigenvalue weighted by atomic mass is 32.2. The van der Waals surface area contributed by atoms with Crippen molar-refractivity contribution < 1.29 is 32.0 Å². The number of hydrogen-bond donors (Lipinski definition) is 2. The van der Waals surface area contributed by atoms with Crippen LogP contribution >= 0.6 is 0 Å². The van der Waals surface area contributed by atoms with Gasteiger partial charge in [-0.2, -0.15) is 0 Å². The van der Waals surface area contributed by atoms with E-state index in [2.05, 4.69) is 10.1 Å². The van der Waals surface area contributed by atoms with Gasteiger partial charge in [-0.3, -0.25) is 14.9 Å². The quantitative estimate of drug-likeness (QED) is 0.683. The van der Waals surface area contributed by atoms with Crippen LogP contribution in [0.4, 0.5) is 0 Å². The molecule has 0 saturated heterocycles. The van der Waals surface area contributed by atoms with Crippen molar-refractivity contribution in [2.75, 3.05) is 6.61 Å². The smallest absolute Gasteiger partial charge is 0.374 e. The van der Waals surface area contributed by atoms with Gasteiger partial charge >= 0.3 is 5.97 Å². The summed E-state index contributed by atoms with van der Waals surface area (Å²) >= 11 is 0. The minimum Gasteiger partial charge on any atom is -0.450 e. The average Bonchev–Trinajstić information content (AvgIpc) is 3.03. The molecule has 1 heterocycles. The summed E-state index contributed by atoms with van der Waals surface area (Å²) in [5.74, 6) is -2.89. The molecule has 0 saturated carbocycles. The van der Waals surface area contributed by atoms with Crippen molar-refractivity contribution in [3.63, 3.8) is 0 Å². The van der Waals surface area contributed by atoms with Gasteiger partial charge in [-0.1, -0.05) is 30.3 Å². The number of rotatable bonds is 6. The Labute approximate surface area is 142 Å². The van der Waals surface area contributed by atoms with Gasteiger partial charge in [0.15, 0.2) is 6.61 Å². The number of ether oxygens (including phenoxy) is 1. The molecule has 2 aromatic rings. The standard InChI is InChI=1S/C15H14N2O7S/c16-25(21,22)14-7-6-11(24-14)15(20)23-9-13(19)17-12(18)8-10-4-2-1-3-5-10/h1-7H,8-9H2,(H2,16,21,22)(H,17,18,19). The van der Waals surface area contributed by atoms with Crippen LogP contribution in [0.2, 0.25) is 0 Å². The van der Waals surface area contributed by atoms with E-state index in [9.17, 15) is 22.8 Å². The number of carbonyl (C=O) groups is 3. The van der Waals surface area contributed by atoms with Crippen molar-refractivity contribution in [1.29, 1.82) is 0 Å². The molecule has 1 aromatic heterocycles. The predicted molar refractivity (Wildman–Crippen MR) is 83.7 cm³/mol. The molecule has 25 heavy (non-hydrogen) atoms. The van der Waals surface area contributed by atoms with E-state index < -0.39 is 45.3 Å². The molecule has 1 aromatic carbocycles. The molecule has 2 amide bonds. The van der Waals surface area contributed by atoms with Gasteiger partial charge in [0.25, 0.3) is 15.9 Å². The van der Waals surface area contributed by atoms with E-state index in [-0.39, 0.29) is 6.42 Å². The summed E-state index contributed by atoms with van der Waals surface area (Å²) in [6.45, 7) is -0.731. The van der Waals surface area contributed by atoms with Gasteiger partial charge in [0, 0.05) is 0 Å². The van der Waals surface area contributed by atoms with Crippen LogP contribution in [0.3, 0.4) is 0 Å². The first-order valence-electron chi connectivity index (χ1n) is 6.92. The SMILES string of the molecule is NS(=O)(=O)c1ccc(C(=O)OCC(=O)NC(=O)Cc2ccccc2)o1. The Hall–Kier alpha value is -2.98. The third-order valence-corrected chi connectivity index (χ3v) is 3.66. The Morgan fingerprint density at radius 1 is 1.04 bits per heavy atom. The number of esters is 1. The summed E-state index contributed by atoms with van der Waals surface area (Å²) in [5, 5.41) is 6.29. The maximum Gasteiger partial charge on any atom is 0.374 e. The molecule has 0 unspecified atom stereocenters. The lowest BCUT2D eigenvalue weighted by Gasteiger charge is -2.05. The van der Waals surface area contributed by atoms with Crippen LogP contribution in [0, 0.1) is 0 Å². The number of sulfonamides is 1. The Morgan fingerprint density at radius 2 is 1.72 bits per heavy atom. The Balaban J connectivity index is 1.82. The lowest BCUT2D eigenvalue weighted by molar-refractivity contribution is -0.132. The van der Waals surface area contributed by atoms with E-state index >= 15 is 0 Å². The molecule has 10 heteroatoms. The van der Waals surface area contributed by atoms with Crippen molar-refractivity contribution in [3.8, 4) is 0 Å². The number of furan rings is 1. The molecule has 0 bridgehead atoms. The van der Waals surface area contributed by atoms with Gasteiger partial charge in [0.1, 0.15) is 0 Å². The lowest BCUT2D eigenvalue weighted by Crippen LogP contribution is -2.35. The van der Waals surface area contributed by atoms with Crippen LogP contribution < -0.4 is 10.5 Å². The Kier molecular flexibility index (Phi) is 5.67. The largest absolute Gasteiger partial charge is 0.450 e. The molecular weight excluding hydrogens is 352 g/mol. The van der Waals surface area contributed by atoms with Crippen LogP contribution in [0.5, 0.6) is 0 Å². The van der Waals surface area contributed by atoms with Gasteiger partial charge in [-0.15, -0.1) is 0 Å². The maximum atomic E-state index is 11.7. The number of nitrogens with two attached hydrogens (primary N) is 1. The third kappa shape index (κ3) is 5.55. The molecule has 0 spiro atoms. The average molecular weight is 366 g/mol. The molecule has 0 fully saturated rings. The second-order valence-electron chi connectivity index (χ2n) is 4.87. The summed E-state index contributed by atoms with van der Waals surface area (Å²) < 4.78 is 31.4. The zero-order valence-corrected chi connectivity index (χ0v) is 13.6. The van der Waals surface area contributed by atoms with Crippen molar-refractivity contribution in [1.82, 2.24) is 5.32 Å². The fourth-order valence-electron chi connectivity index (χ4n) is 1.80. The minimum absolute atomic E-state index is 0.00354. The molecular formula is C15H14N2O7S. The first-order valence-corrected chi connectivity index (χ1v) is 8.46. The van der Waals surface area contributed by atoms with Gasteiger partial charge in [0.05, 0.1) is 6.42 Å². The van der Waals surface area contributed by atoms with Crippen molar-refractivity contribution in [2.45, 2.75) is 11.5 Å². The molecule has 3 N–H and O–H groups in total. The van der Waals surface area contributed by atoms with E-state index in [0.717, 1.165) is 17.7 Å². The highest BCUT2D eigenvalue weighted by Crippen LogP contribution is 2.13. The zero-order valence-electron chi connectivity index (χ0n) is 12.8. The number of nitrogens with one attached hydrogen (secondary N) is 1. The first kappa shape index (κ1) is 18.4. The van der Waals surface area contributed by atoms with E-state index in [1.165, 1.54) is 0 Å². The molecule has 9 nitrogen and oxygen atoms in total. The number of primary sulfonamides is 1. The van der Waals surface area contributed by atoms with Crippen LogP contribution in [-0.2, 0) is 30.8 Å². The summed E-state index contributed by atoms with van der Waals surface area (Å²) in [6, 6.07) is 10.8. The Bertz CT molecular complexity index is 888. The zero-order chi connectivity index (χ0) is 18.4. The van der Waals surface area contributed by atoms with Gasteiger partial charge in [0.2, 0.25) is 16.8 Å². The summed E-state index contributed by atoms with van der Waals surface area (Å²) in [4.78, 5) is 34.9. The van der Waals surface area contributed by atoms with E-state index in [1.54, 1.807) is 30.3 Å². The van der Waals surface area contributed by atoms with Crippen LogP contribution in [0.1, 0.15) is 16.1 Å². The number of benzene rings is 1. The number of amides is 2. The number of hydrogen-bond acceptors (Lipinski definition) is 7. The number of imide groups is 1. The molecule has 0 aliphatic heterocycles. The molecule has 0 atom stereocenters. The second-order valence-corrected chi connectivity index (χ2v) is 6.37. The normalized spacial score (nSPS) is 10.9.